The molecule has 0 aliphatic carbocycles. The minimum Gasteiger partial charge on any atom is -0.486 e. The SMILES string of the molecule is CCC1(C)Cc2cc(-c3nc(C)c(C(=O)O)s3)cc(C#N)c2O1. The topological polar surface area (TPSA) is 83.2 Å². The number of benzene rings is 1. The first-order valence-electron chi connectivity index (χ1n) is 7.34. The Kier molecular flexibility index (Phi) is 3.61. The Balaban J connectivity index is 2.11. The minimum absolute atomic E-state index is 0.230. The zero-order valence-corrected chi connectivity index (χ0v) is 14.0. The quantitative estimate of drug-likeness (QED) is 0.926. The predicted molar refractivity (Wildman–Crippen MR) is 87.0 cm³/mol. The molecule has 2 heterocycles. The van der Waals surface area contributed by atoms with Crippen molar-refractivity contribution in [3.63, 3.8) is 0 Å². The molecule has 1 aliphatic rings. The molecule has 0 spiro atoms. The molecular weight excluding hydrogens is 312 g/mol. The van der Waals surface area contributed by atoms with Gasteiger partial charge in [0, 0.05) is 17.5 Å². The molecule has 1 atom stereocenters. The molecule has 0 amide bonds. The summed E-state index contributed by atoms with van der Waals surface area (Å²) in [6, 6.07) is 5.86. The fraction of sp³-hybridized carbons (Fsp3) is 0.353. The van der Waals surface area contributed by atoms with Crippen LogP contribution in [-0.2, 0) is 6.42 Å². The molecule has 118 valence electrons. The Morgan fingerprint density at radius 3 is 2.87 bits per heavy atom. The Morgan fingerprint density at radius 1 is 1.57 bits per heavy atom. The van der Waals surface area contributed by atoms with E-state index in [9.17, 15) is 15.2 Å². The number of nitrogens with zero attached hydrogens (tertiary/aromatic N) is 2. The summed E-state index contributed by atoms with van der Waals surface area (Å²) in [5, 5.41) is 19.2. The lowest BCUT2D eigenvalue weighted by Gasteiger charge is -2.21. The van der Waals surface area contributed by atoms with Crippen LogP contribution in [0.4, 0.5) is 0 Å². The first-order chi connectivity index (χ1) is 10.9. The van der Waals surface area contributed by atoms with Gasteiger partial charge in [-0.05, 0) is 32.4 Å². The van der Waals surface area contributed by atoms with Crippen LogP contribution in [0.5, 0.6) is 5.75 Å². The number of carboxylic acid groups (broad SMARTS) is 1. The number of hydrogen-bond donors (Lipinski definition) is 1. The third-order valence-electron chi connectivity index (χ3n) is 4.18. The number of carbonyl (C=O) groups is 1. The zero-order chi connectivity index (χ0) is 16.8. The molecule has 1 aromatic heterocycles. The molecule has 23 heavy (non-hydrogen) atoms. The van der Waals surface area contributed by atoms with Crippen molar-refractivity contribution in [3.05, 3.63) is 33.8 Å². The van der Waals surface area contributed by atoms with E-state index in [-0.39, 0.29) is 10.5 Å². The predicted octanol–water partition coefficient (Wildman–Crippen LogP) is 3.79. The Morgan fingerprint density at radius 2 is 2.30 bits per heavy atom. The number of hydrogen-bond acceptors (Lipinski definition) is 5. The standard InChI is InChI=1S/C17H16N2O3S/c1-4-17(3)7-11-5-10(6-12(8-18)13(11)22-17)15-19-9(2)14(23-15)16(20)21/h5-6H,4,7H2,1-3H3,(H,20,21). The number of rotatable bonds is 3. The van der Waals surface area contributed by atoms with Crippen molar-refractivity contribution >= 4 is 17.3 Å². The van der Waals surface area contributed by atoms with Crippen LogP contribution in [0.15, 0.2) is 12.1 Å². The monoisotopic (exact) mass is 328 g/mol. The molecule has 3 rings (SSSR count). The first kappa shape index (κ1) is 15.5. The van der Waals surface area contributed by atoms with Crippen LogP contribution in [0.2, 0.25) is 0 Å². The molecule has 1 unspecified atom stereocenters. The van der Waals surface area contributed by atoms with Crippen LogP contribution >= 0.6 is 11.3 Å². The molecule has 0 bridgehead atoms. The van der Waals surface area contributed by atoms with Gasteiger partial charge >= 0.3 is 5.97 Å². The smallest absolute Gasteiger partial charge is 0.347 e. The summed E-state index contributed by atoms with van der Waals surface area (Å²) in [6.07, 6.45) is 1.58. The number of thiazole rings is 1. The highest BCUT2D eigenvalue weighted by Crippen LogP contribution is 2.42. The van der Waals surface area contributed by atoms with Crippen molar-refractivity contribution in [2.45, 2.75) is 39.2 Å². The van der Waals surface area contributed by atoms with E-state index in [2.05, 4.69) is 18.0 Å². The maximum absolute atomic E-state index is 11.2. The van der Waals surface area contributed by atoms with E-state index >= 15 is 0 Å². The maximum Gasteiger partial charge on any atom is 0.347 e. The van der Waals surface area contributed by atoms with E-state index in [1.54, 1.807) is 13.0 Å². The molecule has 2 aromatic rings. The van der Waals surface area contributed by atoms with Crippen molar-refractivity contribution in [2.24, 2.45) is 0 Å². The van der Waals surface area contributed by atoms with Gasteiger partial charge in [-0.25, -0.2) is 9.78 Å². The van der Waals surface area contributed by atoms with Crippen molar-refractivity contribution < 1.29 is 14.6 Å². The van der Waals surface area contributed by atoms with Gasteiger partial charge < -0.3 is 9.84 Å². The number of nitriles is 1. The van der Waals surface area contributed by atoms with Gasteiger partial charge in [0.1, 0.15) is 27.3 Å². The van der Waals surface area contributed by atoms with E-state index in [4.69, 9.17) is 4.74 Å². The first-order valence-corrected chi connectivity index (χ1v) is 8.15. The average molecular weight is 328 g/mol. The van der Waals surface area contributed by atoms with Crippen LogP contribution in [0.3, 0.4) is 0 Å². The molecular formula is C17H16N2O3S. The molecule has 0 radical (unpaired) electrons. The highest BCUT2D eigenvalue weighted by molar-refractivity contribution is 7.17. The highest BCUT2D eigenvalue weighted by atomic mass is 32.1. The molecule has 1 aromatic carbocycles. The lowest BCUT2D eigenvalue weighted by molar-refractivity contribution is 0.0701. The van der Waals surface area contributed by atoms with Crippen LogP contribution < -0.4 is 4.74 Å². The molecule has 0 fully saturated rings. The number of aryl methyl sites for hydroxylation is 1. The molecule has 0 saturated carbocycles. The molecule has 6 heteroatoms. The Bertz CT molecular complexity index is 850. The second kappa shape index (κ2) is 5.36. The number of aromatic nitrogens is 1. The van der Waals surface area contributed by atoms with Crippen molar-refractivity contribution in [1.29, 1.82) is 5.26 Å². The van der Waals surface area contributed by atoms with Crippen molar-refractivity contribution in [1.82, 2.24) is 4.98 Å². The largest absolute Gasteiger partial charge is 0.486 e. The summed E-state index contributed by atoms with van der Waals surface area (Å²) in [5.74, 6) is -0.331. The maximum atomic E-state index is 11.2. The number of aromatic carboxylic acids is 1. The lowest BCUT2D eigenvalue weighted by Crippen LogP contribution is -2.28. The van der Waals surface area contributed by atoms with Gasteiger partial charge in [0.15, 0.2) is 0 Å². The van der Waals surface area contributed by atoms with Crippen LogP contribution in [-0.4, -0.2) is 21.7 Å². The highest BCUT2D eigenvalue weighted by Gasteiger charge is 2.35. The zero-order valence-electron chi connectivity index (χ0n) is 13.1. The molecule has 1 aliphatic heterocycles. The molecule has 1 N–H and O–H groups in total. The summed E-state index contributed by atoms with van der Waals surface area (Å²) in [7, 11) is 0. The molecule has 5 nitrogen and oxygen atoms in total. The normalized spacial score (nSPS) is 19.0. The molecule has 0 saturated heterocycles. The third-order valence-corrected chi connectivity index (χ3v) is 5.38. The van der Waals surface area contributed by atoms with Gasteiger partial charge in [-0.1, -0.05) is 6.92 Å². The summed E-state index contributed by atoms with van der Waals surface area (Å²) in [5.41, 5.74) is 2.42. The number of fused-ring (bicyclic) bond motifs is 1. The van der Waals surface area contributed by atoms with Gasteiger partial charge in [-0.3, -0.25) is 0 Å². The van der Waals surface area contributed by atoms with Crippen LogP contribution in [0.25, 0.3) is 10.6 Å². The fourth-order valence-electron chi connectivity index (χ4n) is 2.75. The lowest BCUT2D eigenvalue weighted by atomic mass is 9.95. The van der Waals surface area contributed by atoms with E-state index in [1.165, 1.54) is 0 Å². The second-order valence-electron chi connectivity index (χ2n) is 5.94. The van der Waals surface area contributed by atoms with Gasteiger partial charge in [0.25, 0.3) is 0 Å². The van der Waals surface area contributed by atoms with Crippen molar-refractivity contribution in [3.8, 4) is 22.4 Å². The number of carboxylic acids is 1. The van der Waals surface area contributed by atoms with Gasteiger partial charge in [-0.2, -0.15) is 5.26 Å². The van der Waals surface area contributed by atoms with E-state index in [1.807, 2.05) is 13.0 Å². The van der Waals surface area contributed by atoms with E-state index < -0.39 is 5.97 Å². The summed E-state index contributed by atoms with van der Waals surface area (Å²) < 4.78 is 5.99. The van der Waals surface area contributed by atoms with Crippen molar-refractivity contribution in [2.75, 3.05) is 0 Å². The van der Waals surface area contributed by atoms with Gasteiger partial charge in [-0.15, -0.1) is 11.3 Å². The summed E-state index contributed by atoms with van der Waals surface area (Å²) in [4.78, 5) is 15.8. The fourth-order valence-corrected chi connectivity index (χ4v) is 3.64. The van der Waals surface area contributed by atoms with E-state index in [0.717, 1.165) is 35.3 Å². The third kappa shape index (κ3) is 2.57. The number of ether oxygens (including phenoxy) is 1. The summed E-state index contributed by atoms with van der Waals surface area (Å²) >= 11 is 1.13. The Labute approximate surface area is 138 Å². The Hall–Kier alpha value is -2.39. The minimum atomic E-state index is -0.977. The van der Waals surface area contributed by atoms with Gasteiger partial charge in [0.2, 0.25) is 0 Å². The van der Waals surface area contributed by atoms with Crippen LogP contribution in [0, 0.1) is 18.3 Å². The average Bonchev–Trinajstić information content (AvgIpc) is 3.06. The summed E-state index contributed by atoms with van der Waals surface area (Å²) in [6.45, 7) is 5.77. The second-order valence-corrected chi connectivity index (χ2v) is 6.94. The van der Waals surface area contributed by atoms with E-state index in [0.29, 0.717) is 22.0 Å². The van der Waals surface area contributed by atoms with Gasteiger partial charge in [0.05, 0.1) is 11.3 Å². The van der Waals surface area contributed by atoms with Crippen LogP contribution in [0.1, 0.15) is 46.8 Å².